The van der Waals surface area contributed by atoms with E-state index in [2.05, 4.69) is 38.2 Å². The Hall–Kier alpha value is -0.340. The average Bonchev–Trinajstić information content (AvgIpc) is 2.84. The van der Waals surface area contributed by atoms with E-state index in [0.717, 1.165) is 11.8 Å². The van der Waals surface area contributed by atoms with Crippen LogP contribution in [-0.2, 0) is 0 Å². The van der Waals surface area contributed by atoms with Crippen molar-refractivity contribution < 1.29 is 0 Å². The summed E-state index contributed by atoms with van der Waals surface area (Å²) in [6, 6.07) is 5.00. The summed E-state index contributed by atoms with van der Waals surface area (Å²) >= 11 is 1.92. The molecule has 3 atom stereocenters. The highest BCUT2D eigenvalue weighted by molar-refractivity contribution is 7.12. The summed E-state index contributed by atoms with van der Waals surface area (Å²) in [5.41, 5.74) is 0. The highest BCUT2D eigenvalue weighted by Gasteiger charge is 2.21. The zero-order chi connectivity index (χ0) is 11.5. The second-order valence-electron chi connectivity index (χ2n) is 5.36. The second kappa shape index (κ2) is 5.33. The van der Waals surface area contributed by atoms with E-state index in [1.165, 1.54) is 35.6 Å². The topological polar surface area (TPSA) is 12.0 Å². The van der Waals surface area contributed by atoms with Crippen LogP contribution < -0.4 is 5.32 Å². The number of hydrogen-bond acceptors (Lipinski definition) is 2. The third kappa shape index (κ3) is 3.08. The minimum Gasteiger partial charge on any atom is -0.309 e. The summed E-state index contributed by atoms with van der Waals surface area (Å²) in [5.74, 6) is 1.87. The summed E-state index contributed by atoms with van der Waals surface area (Å²) in [6.07, 6.45) is 4.27. The van der Waals surface area contributed by atoms with Crippen LogP contribution in [0.4, 0.5) is 0 Å². The number of nitrogens with one attached hydrogen (secondary N) is 1. The van der Waals surface area contributed by atoms with Gasteiger partial charge in [0.2, 0.25) is 0 Å². The van der Waals surface area contributed by atoms with Crippen molar-refractivity contribution in [2.24, 2.45) is 11.8 Å². The van der Waals surface area contributed by atoms with Crippen molar-refractivity contribution in [2.45, 2.75) is 46.1 Å². The van der Waals surface area contributed by atoms with Gasteiger partial charge in [-0.3, -0.25) is 0 Å². The van der Waals surface area contributed by atoms with E-state index in [-0.39, 0.29) is 0 Å². The van der Waals surface area contributed by atoms with E-state index in [9.17, 15) is 0 Å². The van der Waals surface area contributed by atoms with E-state index >= 15 is 0 Å². The Morgan fingerprint density at radius 3 is 2.81 bits per heavy atom. The fourth-order valence-corrected chi connectivity index (χ4v) is 3.54. The maximum atomic E-state index is 3.69. The number of thiophene rings is 1. The van der Waals surface area contributed by atoms with Crippen LogP contribution in [0.1, 0.15) is 48.9 Å². The molecule has 0 spiro atoms. The molecule has 3 unspecified atom stereocenters. The minimum absolute atomic E-state index is 0.523. The van der Waals surface area contributed by atoms with Crippen LogP contribution in [0.2, 0.25) is 0 Å². The molecule has 1 saturated carbocycles. The molecule has 2 heteroatoms. The molecule has 1 fully saturated rings. The van der Waals surface area contributed by atoms with Gasteiger partial charge in [-0.1, -0.05) is 13.3 Å². The third-order valence-corrected chi connectivity index (χ3v) is 4.89. The van der Waals surface area contributed by atoms with E-state index < -0.39 is 0 Å². The van der Waals surface area contributed by atoms with E-state index in [1.54, 1.807) is 0 Å². The van der Waals surface area contributed by atoms with Gasteiger partial charge in [0.1, 0.15) is 0 Å². The zero-order valence-electron chi connectivity index (χ0n) is 10.6. The van der Waals surface area contributed by atoms with E-state index in [4.69, 9.17) is 0 Å². The van der Waals surface area contributed by atoms with E-state index in [1.807, 2.05) is 11.3 Å². The third-order valence-electron chi connectivity index (χ3n) is 3.70. The molecule has 1 aliphatic carbocycles. The Labute approximate surface area is 103 Å². The predicted octanol–water partition coefficient (Wildman–Crippen LogP) is 4.14. The summed E-state index contributed by atoms with van der Waals surface area (Å²) in [4.78, 5) is 2.89. The first-order valence-corrected chi connectivity index (χ1v) is 7.26. The fraction of sp³-hybridized carbons (Fsp3) is 0.714. The highest BCUT2D eigenvalue weighted by atomic mass is 32.1. The Morgan fingerprint density at radius 2 is 2.25 bits per heavy atom. The highest BCUT2D eigenvalue weighted by Crippen LogP contribution is 2.30. The number of hydrogen-bond donors (Lipinski definition) is 1. The standard InChI is InChI=1S/C14H23NS/c1-10-4-6-13(8-10)9-15-12(3)14-7-5-11(2)16-14/h5,7,10,12-13,15H,4,6,8-9H2,1-3H3. The van der Waals surface area contributed by atoms with Gasteiger partial charge in [0, 0.05) is 15.8 Å². The lowest BCUT2D eigenvalue weighted by atomic mass is 10.1. The second-order valence-corrected chi connectivity index (χ2v) is 6.68. The van der Waals surface area contributed by atoms with Gasteiger partial charge in [-0.25, -0.2) is 0 Å². The van der Waals surface area contributed by atoms with Crippen molar-refractivity contribution in [1.29, 1.82) is 0 Å². The van der Waals surface area contributed by atoms with Gasteiger partial charge in [-0.2, -0.15) is 0 Å². The monoisotopic (exact) mass is 237 g/mol. The smallest absolute Gasteiger partial charge is 0.0386 e. The lowest BCUT2D eigenvalue weighted by Gasteiger charge is -2.16. The molecule has 1 aromatic rings. The van der Waals surface area contributed by atoms with Gasteiger partial charge in [0.15, 0.2) is 0 Å². The van der Waals surface area contributed by atoms with Gasteiger partial charge in [0.25, 0.3) is 0 Å². The van der Waals surface area contributed by atoms with E-state index in [0.29, 0.717) is 6.04 Å². The molecule has 1 aromatic heterocycles. The SMILES string of the molecule is Cc1ccc(C(C)NCC2CCC(C)C2)s1. The maximum absolute atomic E-state index is 3.69. The van der Waals surface area contributed by atoms with Gasteiger partial charge in [-0.05, 0) is 57.2 Å². The van der Waals surface area contributed by atoms with Crippen molar-refractivity contribution in [1.82, 2.24) is 5.32 Å². The molecule has 1 nitrogen and oxygen atoms in total. The van der Waals surface area contributed by atoms with Gasteiger partial charge in [-0.15, -0.1) is 11.3 Å². The van der Waals surface area contributed by atoms with Crippen molar-refractivity contribution in [2.75, 3.05) is 6.54 Å². The van der Waals surface area contributed by atoms with Crippen LogP contribution in [0.25, 0.3) is 0 Å². The van der Waals surface area contributed by atoms with Crippen molar-refractivity contribution >= 4 is 11.3 Å². The van der Waals surface area contributed by atoms with Crippen LogP contribution in [0.3, 0.4) is 0 Å². The van der Waals surface area contributed by atoms with Crippen LogP contribution in [0.5, 0.6) is 0 Å². The van der Waals surface area contributed by atoms with Crippen LogP contribution in [0, 0.1) is 18.8 Å². The molecule has 0 bridgehead atoms. The Kier molecular flexibility index (Phi) is 4.04. The summed E-state index contributed by atoms with van der Waals surface area (Å²) in [5, 5.41) is 3.69. The molecule has 0 saturated heterocycles. The minimum atomic E-state index is 0.523. The number of rotatable bonds is 4. The Bertz CT molecular complexity index is 331. The quantitative estimate of drug-likeness (QED) is 0.829. The van der Waals surface area contributed by atoms with Gasteiger partial charge < -0.3 is 5.32 Å². The first-order chi connectivity index (χ1) is 7.65. The Balaban J connectivity index is 1.77. The van der Waals surface area contributed by atoms with Crippen molar-refractivity contribution in [3.63, 3.8) is 0 Å². The first-order valence-electron chi connectivity index (χ1n) is 6.45. The fourth-order valence-electron chi connectivity index (χ4n) is 2.64. The van der Waals surface area contributed by atoms with Gasteiger partial charge in [0.05, 0.1) is 0 Å². The Morgan fingerprint density at radius 1 is 1.44 bits per heavy atom. The molecule has 90 valence electrons. The lowest BCUT2D eigenvalue weighted by molar-refractivity contribution is 0.442. The summed E-state index contributed by atoms with van der Waals surface area (Å²) < 4.78 is 0. The van der Waals surface area contributed by atoms with Gasteiger partial charge >= 0.3 is 0 Å². The molecule has 0 aliphatic heterocycles. The van der Waals surface area contributed by atoms with Crippen molar-refractivity contribution in [3.05, 3.63) is 21.9 Å². The molecule has 0 aromatic carbocycles. The molecule has 16 heavy (non-hydrogen) atoms. The molecule has 0 radical (unpaired) electrons. The molecular weight excluding hydrogens is 214 g/mol. The van der Waals surface area contributed by atoms with Crippen LogP contribution in [0.15, 0.2) is 12.1 Å². The average molecular weight is 237 g/mol. The molecule has 1 heterocycles. The van der Waals surface area contributed by atoms with Crippen LogP contribution >= 0.6 is 11.3 Å². The molecule has 2 rings (SSSR count). The van der Waals surface area contributed by atoms with Crippen molar-refractivity contribution in [3.8, 4) is 0 Å². The largest absolute Gasteiger partial charge is 0.309 e. The normalized spacial score (nSPS) is 27.2. The van der Waals surface area contributed by atoms with Crippen LogP contribution in [-0.4, -0.2) is 6.54 Å². The number of aryl methyl sites for hydroxylation is 1. The first kappa shape index (κ1) is 12.1. The summed E-state index contributed by atoms with van der Waals surface area (Å²) in [6.45, 7) is 8.04. The molecule has 1 N–H and O–H groups in total. The molecule has 0 amide bonds. The lowest BCUT2D eigenvalue weighted by Crippen LogP contribution is -2.24. The maximum Gasteiger partial charge on any atom is 0.0386 e. The zero-order valence-corrected chi connectivity index (χ0v) is 11.4. The molecule has 1 aliphatic rings. The predicted molar refractivity (Wildman–Crippen MR) is 72.0 cm³/mol. The summed E-state index contributed by atoms with van der Waals surface area (Å²) in [7, 11) is 0. The molecular formula is C14H23NS.